The largest absolute Gasteiger partial charge is 0.481 e. The van der Waals surface area contributed by atoms with Gasteiger partial charge in [-0.2, -0.15) is 0 Å². The number of hydrogen-bond donors (Lipinski definition) is 1. The number of carbonyl (C=O) groups excluding carboxylic acids is 1. The number of amides is 1. The molecular formula is C11H17NO4. The number of carboxylic acid groups (broad SMARTS) is 1. The molecule has 0 spiro atoms. The van der Waals surface area contributed by atoms with Gasteiger partial charge in [0, 0.05) is 26.6 Å². The van der Waals surface area contributed by atoms with Crippen LogP contribution in [0.4, 0.5) is 0 Å². The molecule has 0 aromatic carbocycles. The zero-order valence-corrected chi connectivity index (χ0v) is 9.44. The van der Waals surface area contributed by atoms with Crippen LogP contribution in [0.25, 0.3) is 0 Å². The van der Waals surface area contributed by atoms with Crippen LogP contribution in [0.15, 0.2) is 0 Å². The van der Waals surface area contributed by atoms with E-state index >= 15 is 0 Å². The molecule has 1 atom stereocenters. The standard InChI is InChI=1S/C11H17NO4/c1-16-11(3-2-4-11)7-12-6-8(10(14)15)5-9(12)13/h8H,2-7H2,1H3,(H,14,15). The SMILES string of the molecule is COC1(CN2CC(C(=O)O)CC2=O)CCC1. The zero-order chi connectivity index (χ0) is 11.8. The maximum absolute atomic E-state index is 11.6. The first kappa shape index (κ1) is 11.4. The number of methoxy groups -OCH3 is 1. The number of ether oxygens (including phenoxy) is 1. The summed E-state index contributed by atoms with van der Waals surface area (Å²) in [6.45, 7) is 0.880. The lowest BCUT2D eigenvalue weighted by Crippen LogP contribution is -2.50. The van der Waals surface area contributed by atoms with Crippen LogP contribution in [0.2, 0.25) is 0 Å². The third-order valence-electron chi connectivity index (χ3n) is 3.74. The van der Waals surface area contributed by atoms with Gasteiger partial charge in [0.1, 0.15) is 0 Å². The van der Waals surface area contributed by atoms with Crippen molar-refractivity contribution in [2.45, 2.75) is 31.3 Å². The lowest BCUT2D eigenvalue weighted by atomic mass is 9.79. The molecule has 1 aliphatic carbocycles. The summed E-state index contributed by atoms with van der Waals surface area (Å²) in [5.74, 6) is -1.48. The number of hydrogen-bond acceptors (Lipinski definition) is 3. The molecule has 1 unspecified atom stereocenters. The third kappa shape index (κ3) is 1.91. The van der Waals surface area contributed by atoms with Crippen molar-refractivity contribution in [3.63, 3.8) is 0 Å². The molecule has 1 N–H and O–H groups in total. The predicted octanol–water partition coefficient (Wildman–Crippen LogP) is 0.489. The summed E-state index contributed by atoms with van der Waals surface area (Å²) in [7, 11) is 1.66. The summed E-state index contributed by atoms with van der Waals surface area (Å²) < 4.78 is 5.44. The summed E-state index contributed by atoms with van der Waals surface area (Å²) in [5, 5.41) is 8.87. The summed E-state index contributed by atoms with van der Waals surface area (Å²) in [4.78, 5) is 24.1. The molecular weight excluding hydrogens is 210 g/mol. The van der Waals surface area contributed by atoms with E-state index in [1.807, 2.05) is 0 Å². The van der Waals surface area contributed by atoms with E-state index in [9.17, 15) is 9.59 Å². The molecule has 5 heteroatoms. The maximum atomic E-state index is 11.6. The molecule has 1 amide bonds. The van der Waals surface area contributed by atoms with E-state index in [1.54, 1.807) is 12.0 Å². The quantitative estimate of drug-likeness (QED) is 0.759. The predicted molar refractivity (Wildman–Crippen MR) is 55.9 cm³/mol. The molecule has 0 aromatic rings. The molecule has 1 saturated carbocycles. The zero-order valence-electron chi connectivity index (χ0n) is 9.44. The van der Waals surface area contributed by atoms with Gasteiger partial charge in [0.05, 0.1) is 11.5 Å². The summed E-state index contributed by atoms with van der Waals surface area (Å²) in [5.41, 5.74) is -0.205. The Morgan fingerprint density at radius 1 is 1.62 bits per heavy atom. The average molecular weight is 227 g/mol. The van der Waals surface area contributed by atoms with E-state index in [1.165, 1.54) is 0 Å². The molecule has 90 valence electrons. The van der Waals surface area contributed by atoms with Gasteiger partial charge in [-0.05, 0) is 19.3 Å². The molecule has 2 aliphatic rings. The topological polar surface area (TPSA) is 66.8 Å². The molecule has 1 saturated heterocycles. The molecule has 1 heterocycles. The Labute approximate surface area is 94.4 Å². The van der Waals surface area contributed by atoms with E-state index < -0.39 is 11.9 Å². The van der Waals surface area contributed by atoms with Crippen molar-refractivity contribution in [2.24, 2.45) is 5.92 Å². The second-order valence-corrected chi connectivity index (χ2v) is 4.75. The lowest BCUT2D eigenvalue weighted by Gasteiger charge is -2.42. The first-order valence-corrected chi connectivity index (χ1v) is 5.62. The molecule has 0 bridgehead atoms. The molecule has 2 rings (SSSR count). The first-order valence-electron chi connectivity index (χ1n) is 5.62. The number of carboxylic acids is 1. The van der Waals surface area contributed by atoms with Crippen LogP contribution in [0, 0.1) is 5.92 Å². The summed E-state index contributed by atoms with van der Waals surface area (Å²) in [6, 6.07) is 0. The molecule has 2 fully saturated rings. The maximum Gasteiger partial charge on any atom is 0.308 e. The minimum Gasteiger partial charge on any atom is -0.481 e. The van der Waals surface area contributed by atoms with Crippen molar-refractivity contribution in [3.8, 4) is 0 Å². The molecule has 5 nitrogen and oxygen atoms in total. The second-order valence-electron chi connectivity index (χ2n) is 4.75. The minimum atomic E-state index is -0.879. The van der Waals surface area contributed by atoms with Crippen molar-refractivity contribution in [1.82, 2.24) is 4.90 Å². The highest BCUT2D eigenvalue weighted by Crippen LogP contribution is 2.37. The van der Waals surface area contributed by atoms with Gasteiger partial charge in [-0.1, -0.05) is 0 Å². The van der Waals surface area contributed by atoms with Gasteiger partial charge in [-0.3, -0.25) is 9.59 Å². The van der Waals surface area contributed by atoms with Gasteiger partial charge in [-0.25, -0.2) is 0 Å². The smallest absolute Gasteiger partial charge is 0.308 e. The van der Waals surface area contributed by atoms with Crippen molar-refractivity contribution >= 4 is 11.9 Å². The average Bonchev–Trinajstić information content (AvgIpc) is 2.54. The van der Waals surface area contributed by atoms with Crippen molar-refractivity contribution < 1.29 is 19.4 Å². The van der Waals surface area contributed by atoms with Crippen molar-refractivity contribution in [3.05, 3.63) is 0 Å². The van der Waals surface area contributed by atoms with E-state index in [4.69, 9.17) is 9.84 Å². The van der Waals surface area contributed by atoms with Gasteiger partial charge in [0.2, 0.25) is 5.91 Å². The van der Waals surface area contributed by atoms with Crippen LogP contribution >= 0.6 is 0 Å². The second kappa shape index (κ2) is 4.05. The highest BCUT2D eigenvalue weighted by molar-refractivity contribution is 5.86. The Morgan fingerprint density at radius 2 is 2.31 bits per heavy atom. The van der Waals surface area contributed by atoms with Crippen molar-refractivity contribution in [2.75, 3.05) is 20.2 Å². The van der Waals surface area contributed by atoms with Crippen LogP contribution < -0.4 is 0 Å². The summed E-state index contributed by atoms with van der Waals surface area (Å²) >= 11 is 0. The van der Waals surface area contributed by atoms with Gasteiger partial charge < -0.3 is 14.7 Å². The van der Waals surface area contributed by atoms with Crippen LogP contribution in [-0.4, -0.2) is 47.7 Å². The van der Waals surface area contributed by atoms with Crippen LogP contribution in [-0.2, 0) is 14.3 Å². The fraction of sp³-hybridized carbons (Fsp3) is 0.818. The monoisotopic (exact) mass is 227 g/mol. The highest BCUT2D eigenvalue weighted by atomic mass is 16.5. The molecule has 1 aliphatic heterocycles. The van der Waals surface area contributed by atoms with Crippen LogP contribution in [0.5, 0.6) is 0 Å². The molecule has 0 aromatic heterocycles. The normalized spacial score (nSPS) is 27.9. The van der Waals surface area contributed by atoms with Gasteiger partial charge >= 0.3 is 5.97 Å². The van der Waals surface area contributed by atoms with Crippen LogP contribution in [0.3, 0.4) is 0 Å². The fourth-order valence-electron chi connectivity index (χ4n) is 2.44. The Kier molecular flexibility index (Phi) is 2.88. The first-order chi connectivity index (χ1) is 7.56. The summed E-state index contributed by atoms with van der Waals surface area (Å²) in [6.07, 6.45) is 3.18. The highest BCUT2D eigenvalue weighted by Gasteiger charge is 2.43. The number of nitrogens with zero attached hydrogens (tertiary/aromatic N) is 1. The number of rotatable bonds is 4. The van der Waals surface area contributed by atoms with E-state index in [0.717, 1.165) is 19.3 Å². The van der Waals surface area contributed by atoms with E-state index in [2.05, 4.69) is 0 Å². The Morgan fingerprint density at radius 3 is 2.69 bits per heavy atom. The minimum absolute atomic E-state index is 0.0595. The number of likely N-dealkylation sites (tertiary alicyclic amines) is 1. The third-order valence-corrected chi connectivity index (χ3v) is 3.74. The van der Waals surface area contributed by atoms with Gasteiger partial charge in [-0.15, -0.1) is 0 Å². The number of carbonyl (C=O) groups is 2. The fourth-order valence-corrected chi connectivity index (χ4v) is 2.44. The Bertz CT molecular complexity index is 306. The van der Waals surface area contributed by atoms with Crippen molar-refractivity contribution in [1.29, 1.82) is 0 Å². The molecule has 0 radical (unpaired) electrons. The molecule has 16 heavy (non-hydrogen) atoms. The Balaban J connectivity index is 1.95. The van der Waals surface area contributed by atoms with Gasteiger partial charge in [0.15, 0.2) is 0 Å². The Hall–Kier alpha value is -1.10. The van der Waals surface area contributed by atoms with E-state index in [-0.39, 0.29) is 17.9 Å². The van der Waals surface area contributed by atoms with Gasteiger partial charge in [0.25, 0.3) is 0 Å². The van der Waals surface area contributed by atoms with E-state index in [0.29, 0.717) is 13.1 Å². The number of aliphatic carboxylic acids is 1. The lowest BCUT2D eigenvalue weighted by molar-refractivity contribution is -0.141. The van der Waals surface area contributed by atoms with Crippen LogP contribution in [0.1, 0.15) is 25.7 Å².